The molecule has 1 atom stereocenters. The van der Waals surface area contributed by atoms with Crippen molar-refractivity contribution in [3.63, 3.8) is 0 Å². The van der Waals surface area contributed by atoms with E-state index in [4.69, 9.17) is 9.52 Å². The number of carbonyl (C=O) groups excluding carboxylic acids is 1. The summed E-state index contributed by atoms with van der Waals surface area (Å²) >= 11 is 0. The highest BCUT2D eigenvalue weighted by atomic mass is 16.4. The van der Waals surface area contributed by atoms with Crippen molar-refractivity contribution in [1.82, 2.24) is 10.3 Å². The molecule has 0 radical (unpaired) electrons. The lowest BCUT2D eigenvalue weighted by atomic mass is 9.85. The molecule has 0 aliphatic carbocycles. The molecule has 2 aromatic rings. The van der Waals surface area contributed by atoms with Gasteiger partial charge in [-0.15, -0.1) is 0 Å². The Morgan fingerprint density at radius 2 is 1.96 bits per heavy atom. The van der Waals surface area contributed by atoms with Gasteiger partial charge in [-0.2, -0.15) is 0 Å². The number of carboxylic acids is 1. The lowest BCUT2D eigenvalue weighted by Crippen LogP contribution is -2.51. The van der Waals surface area contributed by atoms with Gasteiger partial charge in [0.2, 0.25) is 0 Å². The average Bonchev–Trinajstić information content (AvgIpc) is 3.00. The monoisotopic (exact) mass is 316 g/mol. The first-order chi connectivity index (χ1) is 10.8. The van der Waals surface area contributed by atoms with Crippen molar-refractivity contribution in [2.45, 2.75) is 32.7 Å². The Hall–Kier alpha value is -2.63. The normalized spacial score (nSPS) is 13.6. The van der Waals surface area contributed by atoms with E-state index < -0.39 is 11.5 Å². The van der Waals surface area contributed by atoms with E-state index in [0.717, 1.165) is 5.56 Å². The van der Waals surface area contributed by atoms with Crippen LogP contribution in [-0.2, 0) is 4.79 Å². The van der Waals surface area contributed by atoms with E-state index in [1.165, 1.54) is 6.39 Å². The van der Waals surface area contributed by atoms with Crippen molar-refractivity contribution in [3.05, 3.63) is 42.4 Å². The minimum absolute atomic E-state index is 0.0176. The second-order valence-electron chi connectivity index (χ2n) is 6.04. The fourth-order valence-electron chi connectivity index (χ4n) is 2.18. The number of nitrogens with zero attached hydrogens (tertiary/aromatic N) is 1. The van der Waals surface area contributed by atoms with Crippen LogP contribution < -0.4 is 5.32 Å². The van der Waals surface area contributed by atoms with Crippen LogP contribution in [-0.4, -0.2) is 27.5 Å². The molecule has 1 unspecified atom stereocenters. The van der Waals surface area contributed by atoms with Gasteiger partial charge >= 0.3 is 5.97 Å². The highest BCUT2D eigenvalue weighted by Gasteiger charge is 2.33. The maximum Gasteiger partial charge on any atom is 0.305 e. The van der Waals surface area contributed by atoms with Crippen molar-refractivity contribution in [1.29, 1.82) is 0 Å². The van der Waals surface area contributed by atoms with Gasteiger partial charge in [0.1, 0.15) is 0 Å². The highest BCUT2D eigenvalue weighted by Crippen LogP contribution is 2.23. The number of hydrogen-bond acceptors (Lipinski definition) is 4. The first kappa shape index (κ1) is 16.7. The molecule has 0 bridgehead atoms. The second kappa shape index (κ2) is 6.64. The van der Waals surface area contributed by atoms with Crippen molar-refractivity contribution in [2.24, 2.45) is 5.92 Å². The van der Waals surface area contributed by atoms with E-state index >= 15 is 0 Å². The summed E-state index contributed by atoms with van der Waals surface area (Å²) in [7, 11) is 0. The number of amides is 1. The molecule has 0 aliphatic rings. The van der Waals surface area contributed by atoms with E-state index in [-0.39, 0.29) is 18.2 Å². The summed E-state index contributed by atoms with van der Waals surface area (Å²) < 4.78 is 5.20. The number of benzene rings is 1. The minimum atomic E-state index is -0.942. The highest BCUT2D eigenvalue weighted by molar-refractivity contribution is 5.95. The Balaban J connectivity index is 2.15. The van der Waals surface area contributed by atoms with Crippen LogP contribution in [0.4, 0.5) is 0 Å². The number of carboxylic acid groups (broad SMARTS) is 1. The van der Waals surface area contributed by atoms with Gasteiger partial charge < -0.3 is 14.8 Å². The molecule has 2 rings (SSSR count). The summed E-state index contributed by atoms with van der Waals surface area (Å²) in [6, 6.07) is 6.88. The van der Waals surface area contributed by atoms with E-state index in [1.54, 1.807) is 37.4 Å². The summed E-state index contributed by atoms with van der Waals surface area (Å²) in [5, 5.41) is 11.9. The predicted molar refractivity (Wildman–Crippen MR) is 84.9 cm³/mol. The van der Waals surface area contributed by atoms with E-state index in [0.29, 0.717) is 11.3 Å². The van der Waals surface area contributed by atoms with Gasteiger partial charge in [-0.3, -0.25) is 9.59 Å². The molecule has 6 nitrogen and oxygen atoms in total. The molecule has 1 aromatic heterocycles. The van der Waals surface area contributed by atoms with Gasteiger partial charge in [0, 0.05) is 11.1 Å². The van der Waals surface area contributed by atoms with Crippen LogP contribution in [0.25, 0.3) is 11.3 Å². The second-order valence-corrected chi connectivity index (χ2v) is 6.04. The lowest BCUT2D eigenvalue weighted by Gasteiger charge is -2.33. The molecule has 6 heteroatoms. The largest absolute Gasteiger partial charge is 0.481 e. The standard InChI is InChI=1S/C17H20N2O4/c1-11(2)17(3,8-15(20)21)19-16(22)13-6-4-12(5-7-13)14-9-18-10-23-14/h4-7,9-11H,8H2,1-3H3,(H,19,22)(H,20,21). The van der Waals surface area contributed by atoms with Crippen LogP contribution in [0, 0.1) is 5.92 Å². The number of aromatic nitrogens is 1. The van der Waals surface area contributed by atoms with Crippen LogP contribution in [0.5, 0.6) is 0 Å². The number of carbonyl (C=O) groups is 2. The Labute approximate surface area is 134 Å². The number of aliphatic carboxylic acids is 1. The van der Waals surface area contributed by atoms with Crippen molar-refractivity contribution in [2.75, 3.05) is 0 Å². The van der Waals surface area contributed by atoms with Crippen molar-refractivity contribution < 1.29 is 19.1 Å². The summed E-state index contributed by atoms with van der Waals surface area (Å²) in [6.07, 6.45) is 2.81. The molecule has 2 N–H and O–H groups in total. The van der Waals surface area contributed by atoms with Gasteiger partial charge in [0.05, 0.1) is 18.2 Å². The molecule has 0 fully saturated rings. The molecule has 0 saturated carbocycles. The van der Waals surface area contributed by atoms with Crippen LogP contribution >= 0.6 is 0 Å². The van der Waals surface area contributed by atoms with Crippen LogP contribution in [0.15, 0.2) is 41.3 Å². The number of rotatable bonds is 6. The molecule has 23 heavy (non-hydrogen) atoms. The molecule has 1 aromatic carbocycles. The molecule has 0 spiro atoms. The van der Waals surface area contributed by atoms with Crippen LogP contribution in [0.1, 0.15) is 37.6 Å². The number of oxazole rings is 1. The maximum atomic E-state index is 12.4. The van der Waals surface area contributed by atoms with Crippen molar-refractivity contribution in [3.8, 4) is 11.3 Å². The van der Waals surface area contributed by atoms with E-state index in [9.17, 15) is 9.59 Å². The summed E-state index contributed by atoms with van der Waals surface area (Å²) in [5.74, 6) is -0.639. The Bertz CT molecular complexity index is 677. The summed E-state index contributed by atoms with van der Waals surface area (Å²) in [4.78, 5) is 27.3. The van der Waals surface area contributed by atoms with Gasteiger partial charge in [0.25, 0.3) is 5.91 Å². The summed E-state index contributed by atoms with van der Waals surface area (Å²) in [6.45, 7) is 5.51. The average molecular weight is 316 g/mol. The van der Waals surface area contributed by atoms with E-state index in [1.807, 2.05) is 13.8 Å². The lowest BCUT2D eigenvalue weighted by molar-refractivity contribution is -0.138. The third-order valence-corrected chi connectivity index (χ3v) is 4.06. The molecule has 122 valence electrons. The smallest absolute Gasteiger partial charge is 0.305 e. The Morgan fingerprint density at radius 1 is 1.30 bits per heavy atom. The first-order valence-electron chi connectivity index (χ1n) is 7.35. The SMILES string of the molecule is CC(C)C(C)(CC(=O)O)NC(=O)c1ccc(-c2cnco2)cc1. The summed E-state index contributed by atoms with van der Waals surface area (Å²) in [5.41, 5.74) is 0.466. The van der Waals surface area contributed by atoms with Gasteiger partial charge in [0.15, 0.2) is 12.2 Å². The zero-order valence-corrected chi connectivity index (χ0v) is 13.4. The van der Waals surface area contributed by atoms with Crippen LogP contribution in [0.2, 0.25) is 0 Å². The zero-order chi connectivity index (χ0) is 17.0. The zero-order valence-electron chi connectivity index (χ0n) is 13.4. The van der Waals surface area contributed by atoms with Gasteiger partial charge in [-0.1, -0.05) is 26.0 Å². The Morgan fingerprint density at radius 3 is 2.43 bits per heavy atom. The Kier molecular flexibility index (Phi) is 4.83. The third-order valence-electron chi connectivity index (χ3n) is 4.06. The molecule has 0 saturated heterocycles. The molecule has 1 heterocycles. The third kappa shape index (κ3) is 3.97. The topological polar surface area (TPSA) is 92.4 Å². The first-order valence-corrected chi connectivity index (χ1v) is 7.35. The van der Waals surface area contributed by atoms with Crippen molar-refractivity contribution >= 4 is 11.9 Å². The maximum absolute atomic E-state index is 12.4. The number of nitrogens with one attached hydrogen (secondary N) is 1. The fourth-order valence-corrected chi connectivity index (χ4v) is 2.18. The van der Waals surface area contributed by atoms with Gasteiger partial charge in [-0.25, -0.2) is 4.98 Å². The van der Waals surface area contributed by atoms with E-state index in [2.05, 4.69) is 10.3 Å². The van der Waals surface area contributed by atoms with Crippen LogP contribution in [0.3, 0.4) is 0 Å². The molecular weight excluding hydrogens is 296 g/mol. The number of hydrogen-bond donors (Lipinski definition) is 2. The molecule has 0 aliphatic heterocycles. The molecule has 1 amide bonds. The quantitative estimate of drug-likeness (QED) is 0.854. The van der Waals surface area contributed by atoms with Gasteiger partial charge in [-0.05, 0) is 25.0 Å². The predicted octanol–water partition coefficient (Wildman–Crippen LogP) is 2.96. The fraction of sp³-hybridized carbons (Fsp3) is 0.353. The minimum Gasteiger partial charge on any atom is -0.481 e. The molecular formula is C17H20N2O4.